The van der Waals surface area contributed by atoms with Gasteiger partial charge in [0, 0.05) is 19.1 Å². The monoisotopic (exact) mass is 253 g/mol. The number of hydrogen-bond acceptors (Lipinski definition) is 3. The molecule has 2 aliphatic heterocycles. The van der Waals surface area contributed by atoms with Gasteiger partial charge in [0.15, 0.2) is 0 Å². The zero-order chi connectivity index (χ0) is 13.0. The summed E-state index contributed by atoms with van der Waals surface area (Å²) < 4.78 is 0. The number of amides is 1. The molecule has 2 heterocycles. The van der Waals surface area contributed by atoms with Crippen molar-refractivity contribution in [2.24, 2.45) is 5.73 Å². The molecule has 0 saturated carbocycles. The number of nitrogens with zero attached hydrogens (tertiary/aromatic N) is 2. The lowest BCUT2D eigenvalue weighted by molar-refractivity contribution is -0.137. The van der Waals surface area contributed by atoms with Crippen molar-refractivity contribution in [3.63, 3.8) is 0 Å². The summed E-state index contributed by atoms with van der Waals surface area (Å²) in [6.07, 6.45) is 7.02. The topological polar surface area (TPSA) is 49.6 Å². The number of carbonyl (C=O) groups is 1. The van der Waals surface area contributed by atoms with Gasteiger partial charge in [-0.2, -0.15) is 0 Å². The maximum atomic E-state index is 12.5. The highest BCUT2D eigenvalue weighted by molar-refractivity contribution is 5.81. The molecule has 0 aromatic rings. The molecule has 4 heteroatoms. The molecular weight excluding hydrogens is 226 g/mol. The van der Waals surface area contributed by atoms with E-state index in [1.54, 1.807) is 0 Å². The van der Waals surface area contributed by atoms with Crippen LogP contribution in [0, 0.1) is 0 Å². The van der Waals surface area contributed by atoms with Crippen LogP contribution in [-0.2, 0) is 4.79 Å². The molecule has 2 saturated heterocycles. The lowest BCUT2D eigenvalue weighted by atomic mass is 10.1. The molecule has 18 heavy (non-hydrogen) atoms. The number of piperidine rings is 1. The molecule has 4 nitrogen and oxygen atoms in total. The second kappa shape index (κ2) is 6.53. The second-order valence-electron chi connectivity index (χ2n) is 5.79. The van der Waals surface area contributed by atoms with Gasteiger partial charge >= 0.3 is 0 Å². The predicted molar refractivity (Wildman–Crippen MR) is 73.3 cm³/mol. The van der Waals surface area contributed by atoms with E-state index in [1.165, 1.54) is 25.7 Å². The Morgan fingerprint density at radius 2 is 1.61 bits per heavy atom. The lowest BCUT2D eigenvalue weighted by Gasteiger charge is -2.35. The Morgan fingerprint density at radius 3 is 2.17 bits per heavy atom. The minimum absolute atomic E-state index is 0.0532. The minimum atomic E-state index is 0.0532. The Labute approximate surface area is 110 Å². The first kappa shape index (κ1) is 13.8. The van der Waals surface area contributed by atoms with Crippen molar-refractivity contribution < 1.29 is 4.79 Å². The van der Waals surface area contributed by atoms with Crippen molar-refractivity contribution in [2.75, 3.05) is 26.2 Å². The third-order valence-corrected chi connectivity index (χ3v) is 4.40. The summed E-state index contributed by atoms with van der Waals surface area (Å²) >= 11 is 0. The van der Waals surface area contributed by atoms with Crippen LogP contribution < -0.4 is 5.73 Å². The molecule has 0 aromatic carbocycles. The summed E-state index contributed by atoms with van der Waals surface area (Å²) in [6, 6.07) is 0.347. The standard InChI is InChI=1S/C14H27N3O/c1-12(16-8-4-2-3-5-9-16)14(18)17-10-6-13(15)7-11-17/h12-13H,2-11,15H2,1H3. The molecule has 0 bridgehead atoms. The average Bonchev–Trinajstić information content (AvgIpc) is 2.67. The fraction of sp³-hybridized carbons (Fsp3) is 0.929. The van der Waals surface area contributed by atoms with Crippen LogP contribution in [0.1, 0.15) is 45.4 Å². The summed E-state index contributed by atoms with van der Waals surface area (Å²) in [5.74, 6) is 0.309. The van der Waals surface area contributed by atoms with E-state index >= 15 is 0 Å². The first-order chi connectivity index (χ1) is 8.68. The Morgan fingerprint density at radius 1 is 1.06 bits per heavy atom. The van der Waals surface area contributed by atoms with Crippen molar-refractivity contribution in [3.05, 3.63) is 0 Å². The maximum absolute atomic E-state index is 12.5. The number of carbonyl (C=O) groups excluding carboxylic acids is 1. The molecule has 1 unspecified atom stereocenters. The van der Waals surface area contributed by atoms with Crippen LogP contribution in [-0.4, -0.2) is 54.0 Å². The predicted octanol–water partition coefficient (Wildman–Crippen LogP) is 1.20. The van der Waals surface area contributed by atoms with E-state index in [9.17, 15) is 4.79 Å². The van der Waals surface area contributed by atoms with E-state index in [1.807, 2.05) is 4.90 Å². The first-order valence-corrected chi connectivity index (χ1v) is 7.47. The fourth-order valence-corrected chi connectivity index (χ4v) is 3.02. The highest BCUT2D eigenvalue weighted by Gasteiger charge is 2.28. The summed E-state index contributed by atoms with van der Waals surface area (Å²) in [7, 11) is 0. The van der Waals surface area contributed by atoms with Crippen LogP contribution in [0.4, 0.5) is 0 Å². The van der Waals surface area contributed by atoms with E-state index in [0.717, 1.165) is 39.0 Å². The fourth-order valence-electron chi connectivity index (χ4n) is 3.02. The summed E-state index contributed by atoms with van der Waals surface area (Å²) in [5.41, 5.74) is 5.89. The Balaban J connectivity index is 1.87. The van der Waals surface area contributed by atoms with Gasteiger partial charge in [-0.05, 0) is 45.7 Å². The third kappa shape index (κ3) is 3.45. The van der Waals surface area contributed by atoms with Gasteiger partial charge < -0.3 is 10.6 Å². The van der Waals surface area contributed by atoms with Crippen LogP contribution in [0.5, 0.6) is 0 Å². The van der Waals surface area contributed by atoms with E-state index < -0.39 is 0 Å². The van der Waals surface area contributed by atoms with E-state index in [4.69, 9.17) is 5.73 Å². The van der Waals surface area contributed by atoms with Gasteiger partial charge in [0.1, 0.15) is 0 Å². The largest absolute Gasteiger partial charge is 0.341 e. The van der Waals surface area contributed by atoms with Crippen molar-refractivity contribution >= 4 is 5.91 Å². The third-order valence-electron chi connectivity index (χ3n) is 4.40. The summed E-state index contributed by atoms with van der Waals surface area (Å²) in [5, 5.41) is 0. The van der Waals surface area contributed by atoms with Crippen molar-refractivity contribution in [1.29, 1.82) is 0 Å². The second-order valence-corrected chi connectivity index (χ2v) is 5.79. The number of nitrogens with two attached hydrogens (primary N) is 1. The van der Waals surface area contributed by atoms with Crippen molar-refractivity contribution in [3.8, 4) is 0 Å². The van der Waals surface area contributed by atoms with Crippen molar-refractivity contribution in [1.82, 2.24) is 9.80 Å². The normalized spacial score (nSPS) is 25.8. The molecular formula is C14H27N3O. The molecule has 104 valence electrons. The molecule has 2 N–H and O–H groups in total. The zero-order valence-electron chi connectivity index (χ0n) is 11.6. The SMILES string of the molecule is CC(C(=O)N1CCC(N)CC1)N1CCCCCC1. The average molecular weight is 253 g/mol. The van der Waals surface area contributed by atoms with Gasteiger partial charge in [0.25, 0.3) is 0 Å². The van der Waals surface area contributed by atoms with Crippen LogP contribution in [0.15, 0.2) is 0 Å². The minimum Gasteiger partial charge on any atom is -0.341 e. The summed E-state index contributed by atoms with van der Waals surface area (Å²) in [4.78, 5) is 16.8. The van der Waals surface area contributed by atoms with E-state index in [2.05, 4.69) is 11.8 Å². The van der Waals surface area contributed by atoms with Crippen LogP contribution >= 0.6 is 0 Å². The van der Waals surface area contributed by atoms with Crippen LogP contribution in [0.25, 0.3) is 0 Å². The highest BCUT2D eigenvalue weighted by Crippen LogP contribution is 2.16. The molecule has 1 amide bonds. The molecule has 2 fully saturated rings. The quantitative estimate of drug-likeness (QED) is 0.804. The number of hydrogen-bond donors (Lipinski definition) is 1. The molecule has 0 aromatic heterocycles. The smallest absolute Gasteiger partial charge is 0.239 e. The Hall–Kier alpha value is -0.610. The molecule has 0 radical (unpaired) electrons. The highest BCUT2D eigenvalue weighted by atomic mass is 16.2. The van der Waals surface area contributed by atoms with Gasteiger partial charge in [0.2, 0.25) is 5.91 Å². The van der Waals surface area contributed by atoms with Crippen molar-refractivity contribution in [2.45, 2.75) is 57.5 Å². The first-order valence-electron chi connectivity index (χ1n) is 7.47. The van der Waals surface area contributed by atoms with Gasteiger partial charge in [-0.25, -0.2) is 0 Å². The zero-order valence-corrected chi connectivity index (χ0v) is 11.6. The lowest BCUT2D eigenvalue weighted by Crippen LogP contribution is -2.51. The van der Waals surface area contributed by atoms with Crippen LogP contribution in [0.2, 0.25) is 0 Å². The number of likely N-dealkylation sites (tertiary alicyclic amines) is 2. The molecule has 2 rings (SSSR count). The molecule has 0 spiro atoms. The maximum Gasteiger partial charge on any atom is 0.239 e. The van der Waals surface area contributed by atoms with Gasteiger partial charge in [-0.1, -0.05) is 12.8 Å². The number of rotatable bonds is 2. The van der Waals surface area contributed by atoms with Gasteiger partial charge in [-0.15, -0.1) is 0 Å². The summed E-state index contributed by atoms with van der Waals surface area (Å²) in [6.45, 7) is 5.93. The molecule has 1 atom stereocenters. The van der Waals surface area contributed by atoms with Crippen LogP contribution in [0.3, 0.4) is 0 Å². The van der Waals surface area contributed by atoms with E-state index in [0.29, 0.717) is 11.9 Å². The Kier molecular flexibility index (Phi) is 5.01. The molecule has 0 aliphatic carbocycles. The Bertz CT molecular complexity index is 266. The van der Waals surface area contributed by atoms with Gasteiger partial charge in [-0.3, -0.25) is 9.69 Å². The molecule has 2 aliphatic rings. The van der Waals surface area contributed by atoms with Gasteiger partial charge in [0.05, 0.1) is 6.04 Å². The van der Waals surface area contributed by atoms with E-state index in [-0.39, 0.29) is 6.04 Å².